The highest BCUT2D eigenvalue weighted by molar-refractivity contribution is 5.96. The molecule has 4 rings (SSSR count). The lowest BCUT2D eigenvalue weighted by Crippen LogP contribution is -2.23. The first-order chi connectivity index (χ1) is 14.7. The Labute approximate surface area is 174 Å². The summed E-state index contributed by atoms with van der Waals surface area (Å²) in [6, 6.07) is 26.5. The number of hydrogen-bond acceptors (Lipinski definition) is 3. The summed E-state index contributed by atoms with van der Waals surface area (Å²) in [6.07, 6.45) is 3.26. The van der Waals surface area contributed by atoms with Crippen molar-refractivity contribution in [2.24, 2.45) is 0 Å². The molecule has 0 bridgehead atoms. The minimum Gasteiger partial charge on any atom is -0.345 e. The summed E-state index contributed by atoms with van der Waals surface area (Å²) in [5, 5.41) is 2.86. The molecule has 0 unspecified atom stereocenters. The fourth-order valence-corrected chi connectivity index (χ4v) is 3.26. The van der Waals surface area contributed by atoms with Gasteiger partial charge in [0, 0.05) is 11.6 Å². The topological polar surface area (TPSA) is 64.0 Å². The Kier molecular flexibility index (Phi) is 5.80. The number of carbonyl (C=O) groups excluding carboxylic acids is 2. The predicted octanol–water partition coefficient (Wildman–Crippen LogP) is 4.25. The molecule has 30 heavy (non-hydrogen) atoms. The molecule has 0 aliphatic heterocycles. The number of benzene rings is 3. The van der Waals surface area contributed by atoms with Crippen molar-refractivity contribution >= 4 is 28.8 Å². The second kappa shape index (κ2) is 9.01. The van der Waals surface area contributed by atoms with Gasteiger partial charge in [0.05, 0.1) is 24.1 Å². The van der Waals surface area contributed by atoms with E-state index in [1.165, 1.54) is 6.08 Å². The number of imidazole rings is 1. The van der Waals surface area contributed by atoms with E-state index >= 15 is 0 Å². The lowest BCUT2D eigenvalue weighted by Gasteiger charge is -2.09. The first kappa shape index (κ1) is 19.3. The second-order valence-electron chi connectivity index (χ2n) is 6.85. The van der Waals surface area contributed by atoms with Crippen molar-refractivity contribution < 1.29 is 9.59 Å². The van der Waals surface area contributed by atoms with E-state index in [9.17, 15) is 9.59 Å². The molecule has 4 aromatic rings. The molecule has 0 radical (unpaired) electrons. The Bertz CT molecular complexity index is 1200. The van der Waals surface area contributed by atoms with E-state index in [0.29, 0.717) is 11.4 Å². The van der Waals surface area contributed by atoms with E-state index in [2.05, 4.69) is 10.3 Å². The molecular formula is C25H21N3O2. The van der Waals surface area contributed by atoms with Gasteiger partial charge in [0.2, 0.25) is 5.91 Å². The van der Waals surface area contributed by atoms with E-state index in [4.69, 9.17) is 0 Å². The van der Waals surface area contributed by atoms with E-state index < -0.39 is 0 Å². The number of nitrogens with one attached hydrogen (secondary N) is 1. The first-order valence-corrected chi connectivity index (χ1v) is 9.74. The largest absolute Gasteiger partial charge is 0.345 e. The molecule has 0 aliphatic carbocycles. The fraction of sp³-hybridized carbons (Fsp3) is 0.0800. The van der Waals surface area contributed by atoms with Gasteiger partial charge in [0.25, 0.3) is 0 Å². The van der Waals surface area contributed by atoms with E-state index in [1.807, 2.05) is 77.4 Å². The van der Waals surface area contributed by atoms with Crippen LogP contribution in [0.1, 0.15) is 21.7 Å². The number of rotatable bonds is 7. The highest BCUT2D eigenvalue weighted by Gasteiger charge is 2.15. The van der Waals surface area contributed by atoms with Crippen LogP contribution in [0.15, 0.2) is 91.0 Å². The molecule has 1 N–H and O–H groups in total. The molecule has 5 nitrogen and oxygen atoms in total. The van der Waals surface area contributed by atoms with Crippen molar-refractivity contribution in [3.8, 4) is 0 Å². The van der Waals surface area contributed by atoms with Crippen LogP contribution in [0.25, 0.3) is 17.1 Å². The Balaban J connectivity index is 1.52. The van der Waals surface area contributed by atoms with Crippen molar-refractivity contribution in [2.75, 3.05) is 0 Å². The molecule has 0 atom stereocenters. The normalized spacial score (nSPS) is 11.1. The van der Waals surface area contributed by atoms with Crippen molar-refractivity contribution in [1.82, 2.24) is 14.9 Å². The van der Waals surface area contributed by atoms with Crippen LogP contribution in [-0.4, -0.2) is 21.2 Å². The monoisotopic (exact) mass is 395 g/mol. The van der Waals surface area contributed by atoms with Crippen molar-refractivity contribution in [1.29, 1.82) is 0 Å². The standard InChI is InChI=1S/C25H21N3O2/c29-23(20-11-5-2-6-12-20)18-28-22-14-8-7-13-21(22)27-24(28)17-26-25(30)16-15-19-9-3-1-4-10-19/h1-16H,17-18H2,(H,26,30)/b16-15-. The predicted molar refractivity (Wildman–Crippen MR) is 118 cm³/mol. The maximum atomic E-state index is 12.8. The maximum Gasteiger partial charge on any atom is 0.244 e. The molecule has 0 saturated heterocycles. The van der Waals surface area contributed by atoms with Gasteiger partial charge in [-0.3, -0.25) is 9.59 Å². The van der Waals surface area contributed by atoms with Gasteiger partial charge in [-0.15, -0.1) is 0 Å². The number of nitrogens with zero attached hydrogens (tertiary/aromatic N) is 2. The summed E-state index contributed by atoms with van der Waals surface area (Å²) >= 11 is 0. The number of fused-ring (bicyclic) bond motifs is 1. The van der Waals surface area contributed by atoms with Crippen LogP contribution in [0, 0.1) is 0 Å². The molecule has 0 spiro atoms. The van der Waals surface area contributed by atoms with Gasteiger partial charge in [-0.1, -0.05) is 72.8 Å². The van der Waals surface area contributed by atoms with Gasteiger partial charge >= 0.3 is 0 Å². The van der Waals surface area contributed by atoms with Crippen LogP contribution < -0.4 is 5.32 Å². The zero-order valence-corrected chi connectivity index (χ0v) is 16.4. The van der Waals surface area contributed by atoms with Gasteiger partial charge in [-0.25, -0.2) is 4.98 Å². The molecule has 0 aliphatic rings. The van der Waals surface area contributed by atoms with Gasteiger partial charge in [0.1, 0.15) is 5.82 Å². The zero-order chi connectivity index (χ0) is 20.8. The Morgan fingerprint density at radius 3 is 2.30 bits per heavy atom. The molecule has 148 valence electrons. The van der Waals surface area contributed by atoms with Crippen LogP contribution in [-0.2, 0) is 17.9 Å². The third-order valence-electron chi connectivity index (χ3n) is 4.78. The average Bonchev–Trinajstić information content (AvgIpc) is 3.15. The number of carbonyl (C=O) groups is 2. The van der Waals surface area contributed by atoms with Crippen molar-refractivity contribution in [3.63, 3.8) is 0 Å². The van der Waals surface area contributed by atoms with Gasteiger partial charge in [-0.2, -0.15) is 0 Å². The molecule has 1 heterocycles. The van der Waals surface area contributed by atoms with Gasteiger partial charge in [-0.05, 0) is 23.8 Å². The summed E-state index contributed by atoms with van der Waals surface area (Å²) in [6.45, 7) is 0.393. The van der Waals surface area contributed by atoms with Crippen LogP contribution in [0.4, 0.5) is 0 Å². The van der Waals surface area contributed by atoms with Crippen LogP contribution >= 0.6 is 0 Å². The third-order valence-corrected chi connectivity index (χ3v) is 4.78. The molecule has 0 saturated carbocycles. The lowest BCUT2D eigenvalue weighted by atomic mass is 10.1. The SMILES string of the molecule is O=C(/C=C\c1ccccc1)NCc1nc2ccccc2n1CC(=O)c1ccccc1. The number of hydrogen-bond donors (Lipinski definition) is 1. The number of aromatic nitrogens is 2. The molecule has 3 aromatic carbocycles. The smallest absolute Gasteiger partial charge is 0.244 e. The van der Waals surface area contributed by atoms with E-state index in [-0.39, 0.29) is 24.8 Å². The van der Waals surface area contributed by atoms with E-state index in [1.54, 1.807) is 18.2 Å². The number of amides is 1. The van der Waals surface area contributed by atoms with Gasteiger partial charge < -0.3 is 9.88 Å². The minimum atomic E-state index is -0.216. The summed E-state index contributed by atoms with van der Waals surface area (Å²) in [5.41, 5.74) is 3.26. The lowest BCUT2D eigenvalue weighted by molar-refractivity contribution is -0.116. The van der Waals surface area contributed by atoms with Crippen molar-refractivity contribution in [2.45, 2.75) is 13.1 Å². The molecule has 0 fully saturated rings. The molecule has 5 heteroatoms. The summed E-state index contributed by atoms with van der Waals surface area (Å²) in [7, 11) is 0. The molecular weight excluding hydrogens is 374 g/mol. The third kappa shape index (κ3) is 4.52. The summed E-state index contributed by atoms with van der Waals surface area (Å²) in [4.78, 5) is 29.6. The Morgan fingerprint density at radius 2 is 1.53 bits per heavy atom. The quantitative estimate of drug-likeness (QED) is 0.376. The first-order valence-electron chi connectivity index (χ1n) is 9.74. The fourth-order valence-electron chi connectivity index (χ4n) is 3.26. The van der Waals surface area contributed by atoms with Crippen LogP contribution in [0.2, 0.25) is 0 Å². The molecule has 1 aromatic heterocycles. The Morgan fingerprint density at radius 1 is 0.867 bits per heavy atom. The second-order valence-corrected chi connectivity index (χ2v) is 6.85. The van der Waals surface area contributed by atoms with E-state index in [0.717, 1.165) is 16.6 Å². The number of Topliss-reactive ketones (excluding diaryl/α,β-unsaturated/α-hetero) is 1. The molecule has 1 amide bonds. The minimum absolute atomic E-state index is 0.00435. The zero-order valence-electron chi connectivity index (χ0n) is 16.4. The van der Waals surface area contributed by atoms with Crippen LogP contribution in [0.5, 0.6) is 0 Å². The summed E-state index contributed by atoms with van der Waals surface area (Å²) < 4.78 is 1.87. The number of para-hydroxylation sites is 2. The number of ketones is 1. The highest BCUT2D eigenvalue weighted by Crippen LogP contribution is 2.17. The average molecular weight is 395 g/mol. The Hall–Kier alpha value is -3.99. The maximum absolute atomic E-state index is 12.8. The van der Waals surface area contributed by atoms with Gasteiger partial charge in [0.15, 0.2) is 5.78 Å². The highest BCUT2D eigenvalue weighted by atomic mass is 16.1. The summed E-state index contributed by atoms with van der Waals surface area (Å²) in [5.74, 6) is 0.420. The van der Waals surface area contributed by atoms with Crippen molar-refractivity contribution in [3.05, 3.63) is 108 Å². The van der Waals surface area contributed by atoms with Crippen LogP contribution in [0.3, 0.4) is 0 Å².